The Balaban J connectivity index is 1.90. The molecular weight excluding hydrogens is 258 g/mol. The van der Waals surface area contributed by atoms with Crippen molar-refractivity contribution in [3.05, 3.63) is 35.9 Å². The van der Waals surface area contributed by atoms with E-state index in [1.807, 2.05) is 18.2 Å². The monoisotopic (exact) mass is 287 g/mol. The predicted molar refractivity (Wildman–Crippen MR) is 88.2 cm³/mol. The molecule has 1 fully saturated rings. The van der Waals surface area contributed by atoms with Crippen LogP contribution < -0.4 is 5.32 Å². The lowest BCUT2D eigenvalue weighted by Crippen LogP contribution is -2.44. The van der Waals surface area contributed by atoms with Crippen LogP contribution in [0.2, 0.25) is 0 Å². The molecule has 2 heteroatoms. The topological polar surface area (TPSA) is 29.1 Å². The van der Waals surface area contributed by atoms with Crippen LogP contribution in [0.4, 0.5) is 0 Å². The van der Waals surface area contributed by atoms with Crippen molar-refractivity contribution in [1.82, 2.24) is 5.32 Å². The van der Waals surface area contributed by atoms with E-state index in [2.05, 4.69) is 31.3 Å². The summed E-state index contributed by atoms with van der Waals surface area (Å²) in [5.74, 6) is 0.205. The van der Waals surface area contributed by atoms with Crippen molar-refractivity contribution in [2.45, 2.75) is 71.3 Å². The van der Waals surface area contributed by atoms with Gasteiger partial charge in [-0.05, 0) is 24.8 Å². The molecule has 1 aromatic rings. The van der Waals surface area contributed by atoms with Crippen LogP contribution in [-0.2, 0) is 11.2 Å². The third-order valence-corrected chi connectivity index (χ3v) is 4.54. The van der Waals surface area contributed by atoms with Crippen LogP contribution in [0, 0.1) is 5.41 Å². The van der Waals surface area contributed by atoms with Gasteiger partial charge in [-0.25, -0.2) is 0 Å². The van der Waals surface area contributed by atoms with Gasteiger partial charge in [0.2, 0.25) is 5.91 Å². The maximum absolute atomic E-state index is 12.6. The number of amides is 1. The van der Waals surface area contributed by atoms with E-state index in [9.17, 15) is 4.79 Å². The molecular formula is C19H29NO. The molecule has 21 heavy (non-hydrogen) atoms. The minimum absolute atomic E-state index is 0.205. The first kappa shape index (κ1) is 16.1. The van der Waals surface area contributed by atoms with Gasteiger partial charge in [0.15, 0.2) is 0 Å². The lowest BCUT2D eigenvalue weighted by Gasteiger charge is -2.28. The minimum atomic E-state index is -0.344. The Hall–Kier alpha value is -1.31. The number of hydrogen-bond donors (Lipinski definition) is 1. The highest BCUT2D eigenvalue weighted by Crippen LogP contribution is 2.24. The number of carbonyl (C=O) groups excluding carboxylic acids is 1. The van der Waals surface area contributed by atoms with Gasteiger partial charge in [0, 0.05) is 11.5 Å². The molecule has 0 aromatic heterocycles. The van der Waals surface area contributed by atoms with E-state index in [1.165, 1.54) is 37.7 Å². The summed E-state index contributed by atoms with van der Waals surface area (Å²) in [6, 6.07) is 10.7. The van der Waals surface area contributed by atoms with Gasteiger partial charge in [-0.2, -0.15) is 0 Å². The van der Waals surface area contributed by atoms with Gasteiger partial charge >= 0.3 is 0 Å². The maximum Gasteiger partial charge on any atom is 0.226 e. The molecule has 1 amide bonds. The second-order valence-corrected chi connectivity index (χ2v) is 7.06. The van der Waals surface area contributed by atoms with Crippen molar-refractivity contribution >= 4 is 5.91 Å². The SMILES string of the molecule is CC(C)(Cc1ccccc1)C(=O)NC1CCCCCCC1. The zero-order valence-corrected chi connectivity index (χ0v) is 13.5. The number of nitrogens with one attached hydrogen (secondary N) is 1. The van der Waals surface area contributed by atoms with E-state index in [0.29, 0.717) is 6.04 Å². The fourth-order valence-corrected chi connectivity index (χ4v) is 3.17. The van der Waals surface area contributed by atoms with Crippen LogP contribution >= 0.6 is 0 Å². The summed E-state index contributed by atoms with van der Waals surface area (Å²) in [5.41, 5.74) is 0.888. The molecule has 0 atom stereocenters. The second-order valence-electron chi connectivity index (χ2n) is 7.06. The second kappa shape index (κ2) is 7.63. The number of benzene rings is 1. The number of carbonyl (C=O) groups is 1. The Morgan fingerprint density at radius 1 is 1.05 bits per heavy atom. The Labute approximate surface area is 129 Å². The lowest BCUT2D eigenvalue weighted by molar-refractivity contribution is -0.130. The summed E-state index contributed by atoms with van der Waals surface area (Å²) in [7, 11) is 0. The van der Waals surface area contributed by atoms with Crippen molar-refractivity contribution in [1.29, 1.82) is 0 Å². The normalized spacial score (nSPS) is 17.8. The molecule has 0 unspecified atom stereocenters. The van der Waals surface area contributed by atoms with E-state index < -0.39 is 0 Å². The Morgan fingerprint density at radius 2 is 1.62 bits per heavy atom. The van der Waals surface area contributed by atoms with Crippen LogP contribution in [-0.4, -0.2) is 11.9 Å². The van der Waals surface area contributed by atoms with Crippen LogP contribution in [0.15, 0.2) is 30.3 Å². The van der Waals surface area contributed by atoms with Gasteiger partial charge < -0.3 is 5.32 Å². The van der Waals surface area contributed by atoms with Gasteiger partial charge in [0.25, 0.3) is 0 Å². The molecule has 0 spiro atoms. The molecule has 1 saturated carbocycles. The molecule has 0 heterocycles. The predicted octanol–water partition coefficient (Wildman–Crippen LogP) is 4.48. The third kappa shape index (κ3) is 5.18. The fourth-order valence-electron chi connectivity index (χ4n) is 3.17. The lowest BCUT2D eigenvalue weighted by atomic mass is 9.84. The molecule has 116 valence electrons. The van der Waals surface area contributed by atoms with Gasteiger partial charge in [-0.15, -0.1) is 0 Å². The summed E-state index contributed by atoms with van der Waals surface area (Å²) >= 11 is 0. The highest BCUT2D eigenvalue weighted by Gasteiger charge is 2.29. The number of hydrogen-bond acceptors (Lipinski definition) is 1. The molecule has 1 aliphatic rings. The first-order valence-corrected chi connectivity index (χ1v) is 8.43. The van der Waals surface area contributed by atoms with Crippen molar-refractivity contribution < 1.29 is 4.79 Å². The van der Waals surface area contributed by atoms with Crippen molar-refractivity contribution in [3.63, 3.8) is 0 Å². The standard InChI is InChI=1S/C19H29NO/c1-19(2,15-16-11-7-6-8-12-16)18(21)20-17-13-9-4-3-5-10-14-17/h6-8,11-12,17H,3-5,9-10,13-15H2,1-2H3,(H,20,21). The van der Waals surface area contributed by atoms with Crippen LogP contribution in [0.25, 0.3) is 0 Å². The van der Waals surface area contributed by atoms with Crippen molar-refractivity contribution in [2.75, 3.05) is 0 Å². The third-order valence-electron chi connectivity index (χ3n) is 4.54. The van der Waals surface area contributed by atoms with Gasteiger partial charge in [-0.1, -0.05) is 76.3 Å². The molecule has 0 aliphatic heterocycles. The highest BCUT2D eigenvalue weighted by atomic mass is 16.2. The van der Waals surface area contributed by atoms with E-state index in [4.69, 9.17) is 0 Å². The van der Waals surface area contributed by atoms with E-state index in [1.54, 1.807) is 0 Å². The Morgan fingerprint density at radius 3 is 2.24 bits per heavy atom. The smallest absolute Gasteiger partial charge is 0.226 e. The Bertz CT molecular complexity index is 430. The largest absolute Gasteiger partial charge is 0.353 e. The summed E-state index contributed by atoms with van der Waals surface area (Å²) in [4.78, 5) is 12.6. The van der Waals surface area contributed by atoms with Gasteiger partial charge in [-0.3, -0.25) is 4.79 Å². The Kier molecular flexibility index (Phi) is 5.84. The van der Waals surface area contributed by atoms with E-state index >= 15 is 0 Å². The molecule has 0 radical (unpaired) electrons. The fraction of sp³-hybridized carbons (Fsp3) is 0.632. The summed E-state index contributed by atoms with van der Waals surface area (Å²) in [5, 5.41) is 3.31. The van der Waals surface area contributed by atoms with Gasteiger partial charge in [0.1, 0.15) is 0 Å². The summed E-state index contributed by atoms with van der Waals surface area (Å²) in [6.07, 6.45) is 9.60. The average molecular weight is 287 g/mol. The van der Waals surface area contributed by atoms with Crippen LogP contribution in [0.1, 0.15) is 64.4 Å². The zero-order valence-electron chi connectivity index (χ0n) is 13.5. The average Bonchev–Trinajstić information content (AvgIpc) is 2.42. The van der Waals surface area contributed by atoms with Gasteiger partial charge in [0.05, 0.1) is 0 Å². The van der Waals surface area contributed by atoms with E-state index in [0.717, 1.165) is 19.3 Å². The summed E-state index contributed by atoms with van der Waals surface area (Å²) < 4.78 is 0. The molecule has 2 nitrogen and oxygen atoms in total. The van der Waals surface area contributed by atoms with Crippen LogP contribution in [0.3, 0.4) is 0 Å². The molecule has 2 rings (SSSR count). The van der Waals surface area contributed by atoms with Crippen molar-refractivity contribution in [2.24, 2.45) is 5.41 Å². The molecule has 1 N–H and O–H groups in total. The van der Waals surface area contributed by atoms with E-state index in [-0.39, 0.29) is 11.3 Å². The van der Waals surface area contributed by atoms with Crippen molar-refractivity contribution in [3.8, 4) is 0 Å². The molecule has 0 bridgehead atoms. The minimum Gasteiger partial charge on any atom is -0.353 e. The number of rotatable bonds is 4. The molecule has 1 aliphatic carbocycles. The summed E-state index contributed by atoms with van der Waals surface area (Å²) in [6.45, 7) is 4.11. The zero-order chi connectivity index (χ0) is 15.1. The first-order valence-electron chi connectivity index (χ1n) is 8.43. The molecule has 0 saturated heterocycles. The quantitative estimate of drug-likeness (QED) is 0.869. The van der Waals surface area contributed by atoms with Crippen LogP contribution in [0.5, 0.6) is 0 Å². The molecule has 1 aromatic carbocycles. The highest BCUT2D eigenvalue weighted by molar-refractivity contribution is 5.82. The first-order chi connectivity index (χ1) is 10.1. The maximum atomic E-state index is 12.6.